The van der Waals surface area contributed by atoms with E-state index in [0.717, 1.165) is 5.39 Å². The summed E-state index contributed by atoms with van der Waals surface area (Å²) < 4.78 is 52.8. The van der Waals surface area contributed by atoms with Crippen LogP contribution in [0.3, 0.4) is 0 Å². The van der Waals surface area contributed by atoms with Gasteiger partial charge >= 0.3 is 6.09 Å². The fourth-order valence-corrected chi connectivity index (χ4v) is 8.42. The third kappa shape index (κ3) is 8.60. The standard InChI is InChI=1S/C38H47N7O10S/c1-37(2,3)55-36(49)40-29-13-17-53-16-6-5-8-24-21-38(24,35(48)43-56(50,51)27-10-11-27)42-32(46)30-20-26(22-44(30)34(29)47)54-33-28-12-9-25(52-4)18-23(28)19-31(41-33)45-15-7-14-39-45/h5,7-9,12,14-15,18-19,24,26-27,29-30H,6,10-11,13,16-17,20-22H2,1-4H3,(H,40,49)(H,42,46)(H,43,48)/b8-5-/t24-,26?,29+,30+,38-/m1/s1. The van der Waals surface area contributed by atoms with E-state index in [0.29, 0.717) is 36.2 Å². The Hall–Kier alpha value is -5.23. The number of nitrogens with zero attached hydrogens (tertiary/aromatic N) is 4. The minimum Gasteiger partial charge on any atom is -0.497 e. The molecule has 3 N–H and O–H groups in total. The van der Waals surface area contributed by atoms with Gasteiger partial charge in [0.2, 0.25) is 27.7 Å². The third-order valence-corrected chi connectivity index (χ3v) is 12.0. The van der Waals surface area contributed by atoms with Crippen LogP contribution < -0.4 is 24.8 Å². The lowest BCUT2D eigenvalue weighted by molar-refractivity contribution is -0.141. The number of ether oxygens (including phenoxy) is 4. The number of hydrogen-bond donors (Lipinski definition) is 3. The fraction of sp³-hybridized carbons (Fsp3) is 0.526. The van der Waals surface area contributed by atoms with Gasteiger partial charge in [0.05, 0.1) is 25.5 Å². The second-order valence-corrected chi connectivity index (χ2v) is 17.5. The zero-order valence-corrected chi connectivity index (χ0v) is 32.5. The van der Waals surface area contributed by atoms with Crippen LogP contribution in [-0.4, -0.2) is 113 Å². The summed E-state index contributed by atoms with van der Waals surface area (Å²) in [4.78, 5) is 61.8. The lowest BCUT2D eigenvalue weighted by atomic mass is 10.1. The number of hydrogen-bond acceptors (Lipinski definition) is 12. The van der Waals surface area contributed by atoms with Gasteiger partial charge in [-0.25, -0.2) is 17.9 Å². The van der Waals surface area contributed by atoms with Crippen LogP contribution in [0.1, 0.15) is 59.3 Å². The Labute approximate surface area is 324 Å². The smallest absolute Gasteiger partial charge is 0.408 e. The van der Waals surface area contributed by atoms with Gasteiger partial charge in [0, 0.05) is 43.1 Å². The molecule has 17 nitrogen and oxygen atoms in total. The topological polar surface area (TPSA) is 209 Å². The first-order chi connectivity index (χ1) is 26.7. The van der Waals surface area contributed by atoms with Crippen molar-refractivity contribution in [1.82, 2.24) is 35.0 Å². The van der Waals surface area contributed by atoms with Crippen molar-refractivity contribution in [2.75, 3.05) is 26.9 Å². The van der Waals surface area contributed by atoms with Crippen molar-refractivity contribution in [3.8, 4) is 17.4 Å². The van der Waals surface area contributed by atoms with E-state index in [1.165, 1.54) is 4.90 Å². The molecule has 1 unspecified atom stereocenters. The summed E-state index contributed by atoms with van der Waals surface area (Å²) in [6, 6.07) is 6.65. The summed E-state index contributed by atoms with van der Waals surface area (Å²) in [7, 11) is -2.36. The minimum atomic E-state index is -3.93. The SMILES string of the molecule is COc1ccc2c(OC3C[C@H]4C(=O)N[C@]5(C(=O)NS(=O)(=O)C6CC6)C[C@H]5/C=C\CCOCC[C@H](NC(=O)OC(C)(C)C)C(=O)N4C3)nc(-n3cccn3)cc2c1. The average Bonchev–Trinajstić information content (AvgIpc) is 4.00. The molecule has 0 radical (unpaired) electrons. The second kappa shape index (κ2) is 15.4. The molecule has 300 valence electrons. The molecule has 2 aromatic heterocycles. The molecular weight excluding hydrogens is 747 g/mol. The lowest BCUT2D eigenvalue weighted by Crippen LogP contribution is -2.58. The summed E-state index contributed by atoms with van der Waals surface area (Å²) in [5.74, 6) is -1.30. The molecule has 4 aliphatic rings. The number of pyridine rings is 1. The number of amides is 4. The van der Waals surface area contributed by atoms with E-state index in [1.54, 1.807) is 69.2 Å². The highest BCUT2D eigenvalue weighted by atomic mass is 32.2. The molecule has 3 fully saturated rings. The molecule has 2 saturated carbocycles. The van der Waals surface area contributed by atoms with Gasteiger partial charge in [-0.15, -0.1) is 0 Å². The molecule has 56 heavy (non-hydrogen) atoms. The van der Waals surface area contributed by atoms with Gasteiger partial charge in [-0.2, -0.15) is 10.1 Å². The first-order valence-electron chi connectivity index (χ1n) is 18.7. The lowest BCUT2D eigenvalue weighted by Gasteiger charge is -2.30. The molecule has 0 spiro atoms. The number of benzene rings is 1. The second-order valence-electron chi connectivity index (χ2n) is 15.6. The monoisotopic (exact) mass is 793 g/mol. The van der Waals surface area contributed by atoms with Gasteiger partial charge in [-0.05, 0) is 82.2 Å². The van der Waals surface area contributed by atoms with Crippen LogP contribution >= 0.6 is 0 Å². The molecule has 3 aromatic rings. The molecule has 1 saturated heterocycles. The highest BCUT2D eigenvalue weighted by Crippen LogP contribution is 2.46. The highest BCUT2D eigenvalue weighted by molar-refractivity contribution is 7.91. The summed E-state index contributed by atoms with van der Waals surface area (Å²) in [6.07, 6.45) is 6.93. The summed E-state index contributed by atoms with van der Waals surface area (Å²) >= 11 is 0. The molecule has 18 heteroatoms. The van der Waals surface area contributed by atoms with Crippen molar-refractivity contribution >= 4 is 44.6 Å². The van der Waals surface area contributed by atoms with Crippen LogP contribution in [0, 0.1) is 5.92 Å². The number of aromatic nitrogens is 3. The number of rotatable bonds is 8. The molecule has 4 amide bonds. The maximum Gasteiger partial charge on any atom is 0.408 e. The molecule has 5 atom stereocenters. The number of carbonyl (C=O) groups excluding carboxylic acids is 4. The van der Waals surface area contributed by atoms with Gasteiger partial charge < -0.3 is 34.5 Å². The van der Waals surface area contributed by atoms with E-state index in [-0.39, 0.29) is 44.9 Å². The Morgan fingerprint density at radius 1 is 1.11 bits per heavy atom. The van der Waals surface area contributed by atoms with Gasteiger partial charge in [-0.1, -0.05) is 12.2 Å². The Kier molecular flexibility index (Phi) is 10.7. The van der Waals surface area contributed by atoms with Crippen LogP contribution in [0.2, 0.25) is 0 Å². The summed E-state index contributed by atoms with van der Waals surface area (Å²) in [6.45, 7) is 5.41. The van der Waals surface area contributed by atoms with Gasteiger partial charge in [0.25, 0.3) is 5.91 Å². The minimum absolute atomic E-state index is 0.0167. The van der Waals surface area contributed by atoms with Gasteiger partial charge in [0.15, 0.2) is 5.82 Å². The van der Waals surface area contributed by atoms with Crippen molar-refractivity contribution in [2.45, 2.75) is 93.9 Å². The van der Waals surface area contributed by atoms with Crippen LogP contribution in [0.15, 0.2) is 54.9 Å². The third-order valence-electron chi connectivity index (χ3n) is 10.2. The summed E-state index contributed by atoms with van der Waals surface area (Å²) in [5.41, 5.74) is -2.41. The van der Waals surface area contributed by atoms with Gasteiger partial charge in [-0.3, -0.25) is 19.1 Å². The number of fused-ring (bicyclic) bond motifs is 3. The molecule has 4 heterocycles. The van der Waals surface area contributed by atoms with Crippen LogP contribution in [0.5, 0.6) is 11.6 Å². The van der Waals surface area contributed by atoms with Crippen molar-refractivity contribution in [3.63, 3.8) is 0 Å². The molecule has 1 aromatic carbocycles. The predicted molar refractivity (Wildman–Crippen MR) is 201 cm³/mol. The van der Waals surface area contributed by atoms with Crippen molar-refractivity contribution in [1.29, 1.82) is 0 Å². The molecule has 0 bridgehead atoms. The Balaban J connectivity index is 1.22. The normalized spacial score (nSPS) is 26.5. The Morgan fingerprint density at radius 3 is 2.62 bits per heavy atom. The zero-order valence-electron chi connectivity index (χ0n) is 31.7. The van der Waals surface area contributed by atoms with E-state index < -0.39 is 74.3 Å². The van der Waals surface area contributed by atoms with Crippen LogP contribution in [-0.2, 0) is 33.9 Å². The van der Waals surface area contributed by atoms with E-state index in [1.807, 2.05) is 18.2 Å². The van der Waals surface area contributed by atoms with E-state index in [2.05, 4.69) is 20.5 Å². The number of alkyl carbamates (subject to hydrolysis) is 1. The number of sulfonamides is 1. The molecule has 2 aliphatic carbocycles. The highest BCUT2D eigenvalue weighted by Gasteiger charge is 2.62. The van der Waals surface area contributed by atoms with Crippen LogP contribution in [0.25, 0.3) is 16.6 Å². The van der Waals surface area contributed by atoms with E-state index >= 15 is 0 Å². The average molecular weight is 794 g/mol. The predicted octanol–water partition coefficient (Wildman–Crippen LogP) is 2.52. The number of methoxy groups -OCH3 is 1. The van der Waals surface area contributed by atoms with Gasteiger partial charge in [0.1, 0.15) is 35.1 Å². The zero-order chi connectivity index (χ0) is 39.8. The first-order valence-corrected chi connectivity index (χ1v) is 20.3. The van der Waals surface area contributed by atoms with Crippen molar-refractivity contribution in [3.05, 3.63) is 54.9 Å². The quantitative estimate of drug-likeness (QED) is 0.281. The molecule has 2 aliphatic heterocycles. The number of nitrogens with one attached hydrogen (secondary N) is 3. The first kappa shape index (κ1) is 39.0. The Morgan fingerprint density at radius 2 is 1.91 bits per heavy atom. The molecule has 7 rings (SSSR count). The summed E-state index contributed by atoms with van der Waals surface area (Å²) in [5, 5.41) is 10.6. The maximum atomic E-state index is 14.5. The maximum absolute atomic E-state index is 14.5. The van der Waals surface area contributed by atoms with Crippen LogP contribution in [0.4, 0.5) is 4.79 Å². The largest absolute Gasteiger partial charge is 0.497 e. The van der Waals surface area contributed by atoms with Crippen molar-refractivity contribution in [2.24, 2.45) is 5.92 Å². The Bertz CT molecular complexity index is 2130. The number of carbonyl (C=O) groups is 4. The fourth-order valence-electron chi connectivity index (χ4n) is 7.05. The van der Waals surface area contributed by atoms with E-state index in [9.17, 15) is 27.6 Å². The molecular formula is C38H47N7O10S. The van der Waals surface area contributed by atoms with E-state index in [4.69, 9.17) is 23.9 Å². The van der Waals surface area contributed by atoms with Crippen molar-refractivity contribution < 1.29 is 46.5 Å².